The fourth-order valence-electron chi connectivity index (χ4n) is 0. The minimum absolute atomic E-state index is 0. The summed E-state index contributed by atoms with van der Waals surface area (Å²) in [7, 11) is 0. The standard InChI is InChI=1S/C3H9Si.2ClH.Hf.H2N/c1-4(2)3;;;;/h1-3H3;2*1H;;1H2/q;;;+3;-1/p-2. The molecule has 0 fully saturated rings. The van der Waals surface area contributed by atoms with E-state index in [4.69, 9.17) is 3.72 Å². The molecule has 0 amide bonds. The first-order valence-corrected chi connectivity index (χ1v) is 13.0. The van der Waals surface area contributed by atoms with Crippen LogP contribution < -0.4 is 28.5 Å². The first kappa shape index (κ1) is 16.3. The molecule has 8 heavy (non-hydrogen) atoms. The van der Waals surface area contributed by atoms with Crippen molar-refractivity contribution in [3.05, 3.63) is 0 Å². The van der Waals surface area contributed by atoms with Gasteiger partial charge in [-0.15, -0.1) is 0 Å². The second-order valence-corrected chi connectivity index (χ2v) is 26.5. The van der Waals surface area contributed by atoms with Gasteiger partial charge in [0, 0.05) is 0 Å². The van der Waals surface area contributed by atoms with E-state index >= 15 is 0 Å². The number of hydrogen-bond acceptors (Lipinski definition) is 1. The number of nitrogens with two attached hydrogens (primary N) is 1. The molecule has 0 spiro atoms. The Labute approximate surface area is 75.3 Å². The summed E-state index contributed by atoms with van der Waals surface area (Å²) in [6, 6.07) is 0. The minimum Gasteiger partial charge on any atom is -1.00 e. The van der Waals surface area contributed by atoms with Crippen LogP contribution in [0.15, 0.2) is 0 Å². The maximum Gasteiger partial charge on any atom is -1.00 e. The predicted octanol–water partition coefficient (Wildman–Crippen LogP) is -5.21. The molecule has 0 aromatic heterocycles. The molecule has 5 heteroatoms. The average Bonchev–Trinajstić information content (AvgIpc) is 1.35. The molecule has 0 rings (SSSR count). The molecule has 0 saturated heterocycles. The molecule has 0 atom stereocenters. The summed E-state index contributed by atoms with van der Waals surface area (Å²) in [5.41, 5.74) is 0. The van der Waals surface area contributed by atoms with Crippen LogP contribution in [0, 0.1) is 0 Å². The van der Waals surface area contributed by atoms with Gasteiger partial charge in [-0.2, -0.15) is 0 Å². The van der Waals surface area contributed by atoms with Gasteiger partial charge in [0.05, 0.1) is 0 Å². The molecule has 0 unspecified atom stereocenters. The van der Waals surface area contributed by atoms with Crippen LogP contribution in [0.5, 0.6) is 0 Å². The smallest absolute Gasteiger partial charge is 1.00 e. The first-order valence-electron chi connectivity index (χ1n) is 2.04. The fourth-order valence-corrected chi connectivity index (χ4v) is 0. The summed E-state index contributed by atoms with van der Waals surface area (Å²) in [5, 5.41) is -0.659. The van der Waals surface area contributed by atoms with Crippen LogP contribution in [0.2, 0.25) is 19.6 Å². The summed E-state index contributed by atoms with van der Waals surface area (Å²) < 4.78 is 5.56. The zero-order valence-corrected chi connectivity index (χ0v) is 11.4. The number of halogens is 2. The van der Waals surface area contributed by atoms with Crippen molar-refractivity contribution in [1.82, 2.24) is 0 Å². The van der Waals surface area contributed by atoms with E-state index < -0.39 is 27.6 Å². The van der Waals surface area contributed by atoms with E-state index in [1.807, 2.05) is 0 Å². The Bertz CT molecular complexity index is 47.0. The minimum atomic E-state index is -0.659. The molecule has 0 heterocycles. The first-order chi connectivity index (χ1) is 2.56. The maximum atomic E-state index is 5.56. The normalized spacial score (nSPS) is 8.00. The van der Waals surface area contributed by atoms with E-state index in [0.717, 1.165) is 0 Å². The van der Waals surface area contributed by atoms with Gasteiger partial charge in [-0.3, -0.25) is 0 Å². The van der Waals surface area contributed by atoms with Crippen molar-refractivity contribution < 1.29 is 47.2 Å². The fraction of sp³-hybridized carbons (Fsp3) is 1.00. The van der Waals surface area contributed by atoms with Crippen molar-refractivity contribution in [2.75, 3.05) is 0 Å². The van der Waals surface area contributed by atoms with Crippen LogP contribution in [-0.2, 0) is 22.4 Å². The van der Waals surface area contributed by atoms with E-state index in [1.165, 1.54) is 0 Å². The Morgan fingerprint density at radius 2 is 1.25 bits per heavy atom. The van der Waals surface area contributed by atoms with Gasteiger partial charge in [-0.25, -0.2) is 0 Å². The number of hydrogen-bond donors (Lipinski definition) is 1. The second-order valence-electron chi connectivity index (χ2n) is 2.39. The van der Waals surface area contributed by atoms with E-state index in [9.17, 15) is 0 Å². The zero-order chi connectivity index (χ0) is 5.21. The topological polar surface area (TPSA) is 26.0 Å². The second kappa shape index (κ2) is 6.74. The molecular formula is C3H11Cl2HfNSi. The Morgan fingerprint density at radius 3 is 1.25 bits per heavy atom. The van der Waals surface area contributed by atoms with Crippen LogP contribution in [0.4, 0.5) is 0 Å². The molecule has 0 saturated carbocycles. The molecule has 0 aliphatic heterocycles. The Balaban J connectivity index is -0.000000125. The predicted molar refractivity (Wildman–Crippen MR) is 27.5 cm³/mol. The van der Waals surface area contributed by atoms with Crippen LogP contribution in [0.1, 0.15) is 0 Å². The van der Waals surface area contributed by atoms with Crippen molar-refractivity contribution in [3.63, 3.8) is 0 Å². The third kappa shape index (κ3) is 15.6. The molecule has 0 aromatic carbocycles. The quantitative estimate of drug-likeness (QED) is 0.475. The molecule has 0 aliphatic carbocycles. The van der Waals surface area contributed by atoms with Gasteiger partial charge in [0.2, 0.25) is 0 Å². The van der Waals surface area contributed by atoms with Crippen molar-refractivity contribution in [1.29, 1.82) is 0 Å². The van der Waals surface area contributed by atoms with E-state index in [2.05, 4.69) is 19.6 Å². The Hall–Kier alpha value is 1.63. The van der Waals surface area contributed by atoms with Crippen molar-refractivity contribution in [3.8, 4) is 0 Å². The summed E-state index contributed by atoms with van der Waals surface area (Å²) in [4.78, 5) is 0. The van der Waals surface area contributed by atoms with Gasteiger partial charge < -0.3 is 24.8 Å². The van der Waals surface area contributed by atoms with Crippen LogP contribution in [0.25, 0.3) is 0 Å². The average molecular weight is 339 g/mol. The van der Waals surface area contributed by atoms with E-state index in [0.29, 0.717) is 0 Å². The van der Waals surface area contributed by atoms with Crippen molar-refractivity contribution in [2.45, 2.75) is 19.6 Å². The molecular weight excluding hydrogens is 328 g/mol. The van der Waals surface area contributed by atoms with Crippen LogP contribution >= 0.6 is 0 Å². The molecule has 0 radical (unpaired) electrons. The molecule has 0 bridgehead atoms. The molecule has 0 aromatic rings. The SMILES string of the molecule is C[Si](C)(C)[Hf+2][NH2].[Cl-].[Cl-]. The van der Waals surface area contributed by atoms with Gasteiger partial charge >= 0.3 is 51.0 Å². The van der Waals surface area contributed by atoms with Gasteiger partial charge in [0.15, 0.2) is 0 Å². The zero-order valence-electron chi connectivity index (χ0n) is 5.33. The Morgan fingerprint density at radius 1 is 1.12 bits per heavy atom. The van der Waals surface area contributed by atoms with Gasteiger partial charge in [-0.1, -0.05) is 0 Å². The molecule has 2 N–H and O–H groups in total. The summed E-state index contributed by atoms with van der Waals surface area (Å²) in [6.45, 7) is 7.03. The van der Waals surface area contributed by atoms with E-state index in [1.54, 1.807) is 0 Å². The molecule has 50 valence electrons. The third-order valence-electron chi connectivity index (χ3n) is 0.433. The molecule has 0 aliphatic rings. The largest absolute Gasteiger partial charge is 1.00 e. The molecule has 1 nitrogen and oxygen atoms in total. The van der Waals surface area contributed by atoms with Gasteiger partial charge in [-0.05, 0) is 0 Å². The van der Waals surface area contributed by atoms with Crippen molar-refractivity contribution >= 4 is 5.26 Å². The van der Waals surface area contributed by atoms with E-state index in [-0.39, 0.29) is 24.8 Å². The number of rotatable bonds is 1. The summed E-state index contributed by atoms with van der Waals surface area (Å²) in [6.07, 6.45) is 0. The maximum absolute atomic E-state index is 5.56. The van der Waals surface area contributed by atoms with Crippen molar-refractivity contribution in [2.24, 2.45) is 3.72 Å². The third-order valence-corrected chi connectivity index (χ3v) is 10.6. The monoisotopic (exact) mass is 339 g/mol. The van der Waals surface area contributed by atoms with Crippen LogP contribution in [0.3, 0.4) is 0 Å². The summed E-state index contributed by atoms with van der Waals surface area (Å²) >= 11 is -0.516. The summed E-state index contributed by atoms with van der Waals surface area (Å²) in [5.74, 6) is 0. The van der Waals surface area contributed by atoms with Gasteiger partial charge in [0.25, 0.3) is 0 Å². The van der Waals surface area contributed by atoms with Gasteiger partial charge in [0.1, 0.15) is 0 Å². The Kier molecular flexibility index (Phi) is 13.8. The van der Waals surface area contributed by atoms with Crippen LogP contribution in [-0.4, -0.2) is 5.26 Å².